The second-order valence-electron chi connectivity index (χ2n) is 4.75. The number of ether oxygens (including phenoxy) is 3. The zero-order chi connectivity index (χ0) is 16.4. The molecule has 1 fully saturated rings. The Morgan fingerprint density at radius 2 is 2.09 bits per heavy atom. The predicted octanol–water partition coefficient (Wildman–Crippen LogP) is 2.85. The molecule has 0 saturated carbocycles. The first-order valence-electron chi connectivity index (χ1n) is 6.83. The molecular formula is C15H13FN2O5. The summed E-state index contributed by atoms with van der Waals surface area (Å²) in [6.45, 7) is 0.888. The lowest BCUT2D eigenvalue weighted by molar-refractivity contribution is -0.388. The number of methoxy groups -OCH3 is 1. The molecule has 1 aliphatic rings. The molecule has 3 rings (SSSR count). The fourth-order valence-corrected chi connectivity index (χ4v) is 2.48. The number of hydrogen-bond acceptors (Lipinski definition) is 6. The summed E-state index contributed by atoms with van der Waals surface area (Å²) in [7, 11) is 1.25. The van der Waals surface area contributed by atoms with Crippen molar-refractivity contribution in [2.24, 2.45) is 0 Å². The van der Waals surface area contributed by atoms with Gasteiger partial charge in [0.15, 0.2) is 6.29 Å². The van der Waals surface area contributed by atoms with Gasteiger partial charge in [-0.15, -0.1) is 0 Å². The van der Waals surface area contributed by atoms with Crippen LogP contribution in [-0.4, -0.2) is 30.2 Å². The minimum absolute atomic E-state index is 0.187. The average Bonchev–Trinajstić information content (AvgIpc) is 3.08. The Balaban J connectivity index is 2.20. The number of aromatic nitrogens is 1. The van der Waals surface area contributed by atoms with E-state index in [4.69, 9.17) is 14.2 Å². The number of benzene rings is 1. The second kappa shape index (κ2) is 6.27. The molecule has 0 spiro atoms. The minimum atomic E-state index is -0.971. The standard InChI is InChI=1S/C15H13FN2O5/c1-21-14-9(4-5-11(16)13(14)18(19)20)12-10(3-2-6-17-12)15-22-7-8-23-15/h2-6,15H,7-8H2,1H3. The van der Waals surface area contributed by atoms with Gasteiger partial charge in [0, 0.05) is 11.8 Å². The van der Waals surface area contributed by atoms with E-state index < -0.39 is 22.7 Å². The van der Waals surface area contributed by atoms with Crippen LogP contribution in [0.5, 0.6) is 5.75 Å². The van der Waals surface area contributed by atoms with Gasteiger partial charge >= 0.3 is 5.69 Å². The highest BCUT2D eigenvalue weighted by atomic mass is 19.1. The van der Waals surface area contributed by atoms with E-state index in [1.807, 2.05) is 0 Å². The monoisotopic (exact) mass is 320 g/mol. The first kappa shape index (κ1) is 15.3. The van der Waals surface area contributed by atoms with Crippen LogP contribution in [0.15, 0.2) is 30.5 Å². The van der Waals surface area contributed by atoms with Gasteiger partial charge in [-0.2, -0.15) is 4.39 Å². The quantitative estimate of drug-likeness (QED) is 0.636. The molecule has 0 aliphatic carbocycles. The first-order valence-corrected chi connectivity index (χ1v) is 6.83. The van der Waals surface area contributed by atoms with Gasteiger partial charge in [0.2, 0.25) is 11.6 Å². The maximum Gasteiger partial charge on any atom is 0.346 e. The van der Waals surface area contributed by atoms with E-state index >= 15 is 0 Å². The topological polar surface area (TPSA) is 83.7 Å². The van der Waals surface area contributed by atoms with Crippen LogP contribution in [0.1, 0.15) is 11.9 Å². The Morgan fingerprint density at radius 1 is 1.35 bits per heavy atom. The smallest absolute Gasteiger partial charge is 0.346 e. The van der Waals surface area contributed by atoms with Crippen LogP contribution in [0.2, 0.25) is 0 Å². The van der Waals surface area contributed by atoms with Crippen LogP contribution in [0.4, 0.5) is 10.1 Å². The average molecular weight is 320 g/mol. The summed E-state index contributed by atoms with van der Waals surface area (Å²) >= 11 is 0. The molecule has 120 valence electrons. The lowest BCUT2D eigenvalue weighted by atomic mass is 10.0. The largest absolute Gasteiger partial charge is 0.490 e. The highest BCUT2D eigenvalue weighted by Crippen LogP contribution is 2.41. The molecule has 0 unspecified atom stereocenters. The third-order valence-corrected chi connectivity index (χ3v) is 3.44. The lowest BCUT2D eigenvalue weighted by Crippen LogP contribution is -2.05. The SMILES string of the molecule is COc1c(-c2ncccc2C2OCCO2)ccc(F)c1[N+](=O)[O-]. The molecule has 1 aromatic heterocycles. The third kappa shape index (κ3) is 2.73. The van der Waals surface area contributed by atoms with E-state index in [0.29, 0.717) is 30.0 Å². The number of nitro benzene ring substituents is 1. The number of pyridine rings is 1. The maximum absolute atomic E-state index is 13.8. The summed E-state index contributed by atoms with van der Waals surface area (Å²) in [4.78, 5) is 14.6. The fourth-order valence-electron chi connectivity index (χ4n) is 2.48. The molecule has 1 saturated heterocycles. The van der Waals surface area contributed by atoms with Gasteiger partial charge in [0.05, 0.1) is 36.5 Å². The Labute approximate surface area is 130 Å². The minimum Gasteiger partial charge on any atom is -0.490 e. The third-order valence-electron chi connectivity index (χ3n) is 3.44. The van der Waals surface area contributed by atoms with Crippen molar-refractivity contribution in [3.05, 3.63) is 52.0 Å². The molecule has 0 atom stereocenters. The van der Waals surface area contributed by atoms with Crippen LogP contribution in [-0.2, 0) is 9.47 Å². The molecule has 7 nitrogen and oxygen atoms in total. The maximum atomic E-state index is 13.8. The number of hydrogen-bond donors (Lipinski definition) is 0. The van der Waals surface area contributed by atoms with Crippen molar-refractivity contribution in [1.82, 2.24) is 4.98 Å². The summed E-state index contributed by atoms with van der Waals surface area (Å²) in [5, 5.41) is 11.1. The Kier molecular flexibility index (Phi) is 4.18. The Morgan fingerprint density at radius 3 is 2.74 bits per heavy atom. The van der Waals surface area contributed by atoms with Crippen LogP contribution < -0.4 is 4.74 Å². The van der Waals surface area contributed by atoms with E-state index in [-0.39, 0.29) is 5.75 Å². The van der Waals surface area contributed by atoms with Crippen molar-refractivity contribution >= 4 is 5.69 Å². The molecule has 0 amide bonds. The van der Waals surface area contributed by atoms with Gasteiger partial charge < -0.3 is 14.2 Å². The van der Waals surface area contributed by atoms with Gasteiger partial charge in [-0.3, -0.25) is 15.1 Å². The van der Waals surface area contributed by atoms with Crippen LogP contribution in [0, 0.1) is 15.9 Å². The Hall–Kier alpha value is -2.58. The number of halogens is 1. The molecule has 1 aromatic carbocycles. The highest BCUT2D eigenvalue weighted by molar-refractivity contribution is 5.75. The second-order valence-corrected chi connectivity index (χ2v) is 4.75. The van der Waals surface area contributed by atoms with E-state index in [0.717, 1.165) is 6.07 Å². The van der Waals surface area contributed by atoms with E-state index in [1.165, 1.54) is 19.4 Å². The van der Waals surface area contributed by atoms with E-state index in [9.17, 15) is 14.5 Å². The number of nitrogens with zero attached hydrogens (tertiary/aromatic N) is 2. The Bertz CT molecular complexity index is 747. The van der Waals surface area contributed by atoms with Gasteiger partial charge in [-0.05, 0) is 18.2 Å². The lowest BCUT2D eigenvalue weighted by Gasteiger charge is -2.15. The van der Waals surface area contributed by atoms with Gasteiger partial charge in [0.1, 0.15) is 0 Å². The predicted molar refractivity (Wildman–Crippen MR) is 77.5 cm³/mol. The van der Waals surface area contributed by atoms with Gasteiger partial charge in [0.25, 0.3) is 0 Å². The van der Waals surface area contributed by atoms with Crippen LogP contribution in [0.3, 0.4) is 0 Å². The van der Waals surface area contributed by atoms with Crippen molar-refractivity contribution in [1.29, 1.82) is 0 Å². The van der Waals surface area contributed by atoms with E-state index in [1.54, 1.807) is 12.1 Å². The number of nitro groups is 1. The molecule has 0 N–H and O–H groups in total. The molecule has 1 aliphatic heterocycles. The molecular weight excluding hydrogens is 307 g/mol. The summed E-state index contributed by atoms with van der Waals surface area (Å²) in [6.07, 6.45) is 0.912. The van der Waals surface area contributed by atoms with Gasteiger partial charge in [-0.1, -0.05) is 6.07 Å². The summed E-state index contributed by atoms with van der Waals surface area (Å²) in [5.41, 5.74) is 0.564. The molecule has 23 heavy (non-hydrogen) atoms. The molecule has 2 heterocycles. The van der Waals surface area contributed by atoms with Gasteiger partial charge in [-0.25, -0.2) is 0 Å². The van der Waals surface area contributed by atoms with Crippen molar-refractivity contribution in [3.8, 4) is 17.0 Å². The zero-order valence-electron chi connectivity index (χ0n) is 12.2. The molecule has 2 aromatic rings. The molecule has 0 radical (unpaired) electrons. The molecule has 8 heteroatoms. The van der Waals surface area contributed by atoms with Crippen molar-refractivity contribution in [2.45, 2.75) is 6.29 Å². The van der Waals surface area contributed by atoms with Crippen molar-refractivity contribution < 1.29 is 23.5 Å². The normalized spacial score (nSPS) is 14.9. The summed E-state index contributed by atoms with van der Waals surface area (Å²) in [5.74, 6) is -1.16. The van der Waals surface area contributed by atoms with E-state index in [2.05, 4.69) is 4.98 Å². The zero-order valence-corrected chi connectivity index (χ0v) is 12.2. The highest BCUT2D eigenvalue weighted by Gasteiger charge is 2.29. The summed E-state index contributed by atoms with van der Waals surface area (Å²) in [6, 6.07) is 5.86. The number of rotatable bonds is 4. The summed E-state index contributed by atoms with van der Waals surface area (Å²) < 4.78 is 29.8. The van der Waals surface area contributed by atoms with Crippen molar-refractivity contribution in [2.75, 3.05) is 20.3 Å². The first-order chi connectivity index (χ1) is 11.1. The van der Waals surface area contributed by atoms with Crippen molar-refractivity contribution in [3.63, 3.8) is 0 Å². The molecule has 0 bridgehead atoms. The van der Waals surface area contributed by atoms with Crippen LogP contribution in [0.25, 0.3) is 11.3 Å². The van der Waals surface area contributed by atoms with Crippen LogP contribution >= 0.6 is 0 Å². The fraction of sp³-hybridized carbons (Fsp3) is 0.267.